The van der Waals surface area contributed by atoms with Gasteiger partial charge in [-0.15, -0.1) is 0 Å². The summed E-state index contributed by atoms with van der Waals surface area (Å²) in [6.45, 7) is 5.39. The SMILES string of the molecule is CC1=C(N2CCN(c3cccc(-c4cc(Nc5ccnc(C)n5)c(=O)n(C)c4)c3CO)C(=O)C2)CCCC1. The van der Waals surface area contributed by atoms with Crippen molar-refractivity contribution in [3.8, 4) is 11.1 Å². The maximum absolute atomic E-state index is 13.4. The van der Waals surface area contributed by atoms with Crippen LogP contribution in [-0.2, 0) is 18.4 Å². The Hall–Kier alpha value is -3.98. The van der Waals surface area contributed by atoms with Gasteiger partial charge in [0.1, 0.15) is 17.3 Å². The van der Waals surface area contributed by atoms with Gasteiger partial charge in [-0.3, -0.25) is 9.59 Å². The molecule has 1 amide bonds. The summed E-state index contributed by atoms with van der Waals surface area (Å²) in [5.41, 5.74) is 5.76. The minimum absolute atomic E-state index is 0.0240. The predicted octanol–water partition coefficient (Wildman–Crippen LogP) is 3.88. The highest BCUT2D eigenvalue weighted by Crippen LogP contribution is 2.34. The smallest absolute Gasteiger partial charge is 0.274 e. The number of carbonyl (C=O) groups excluding carboxylic acids is 1. The van der Waals surface area contributed by atoms with Crippen molar-refractivity contribution in [1.82, 2.24) is 19.4 Å². The van der Waals surface area contributed by atoms with Crippen LogP contribution in [0.25, 0.3) is 11.1 Å². The van der Waals surface area contributed by atoms with Gasteiger partial charge in [-0.2, -0.15) is 0 Å². The van der Waals surface area contributed by atoms with Crippen LogP contribution >= 0.6 is 0 Å². The van der Waals surface area contributed by atoms with Gasteiger partial charge in [-0.1, -0.05) is 17.7 Å². The number of piperazine rings is 1. The van der Waals surface area contributed by atoms with Crippen molar-refractivity contribution in [3.63, 3.8) is 0 Å². The van der Waals surface area contributed by atoms with E-state index in [-0.39, 0.29) is 18.1 Å². The van der Waals surface area contributed by atoms with E-state index >= 15 is 0 Å². The number of hydrogen-bond donors (Lipinski definition) is 2. The van der Waals surface area contributed by atoms with E-state index in [0.717, 1.165) is 30.5 Å². The van der Waals surface area contributed by atoms with E-state index in [1.165, 1.54) is 28.7 Å². The van der Waals surface area contributed by atoms with Crippen molar-refractivity contribution in [2.75, 3.05) is 29.9 Å². The number of carbonyl (C=O) groups is 1. The number of hydrogen-bond acceptors (Lipinski definition) is 7. The third-order valence-corrected chi connectivity index (χ3v) is 7.44. The van der Waals surface area contributed by atoms with Crippen LogP contribution < -0.4 is 15.8 Å². The number of aliphatic hydroxyl groups excluding tert-OH is 1. The fraction of sp³-hybridized carbons (Fsp3) is 0.379. The third-order valence-electron chi connectivity index (χ3n) is 7.44. The topological polar surface area (TPSA) is 104 Å². The molecule has 0 radical (unpaired) electrons. The number of pyridine rings is 1. The van der Waals surface area contributed by atoms with Crippen LogP contribution in [-0.4, -0.2) is 50.1 Å². The van der Waals surface area contributed by atoms with Crippen molar-refractivity contribution in [3.05, 3.63) is 75.7 Å². The van der Waals surface area contributed by atoms with Crippen LogP contribution in [0.5, 0.6) is 0 Å². The summed E-state index contributed by atoms with van der Waals surface area (Å²) in [7, 11) is 1.69. The number of nitrogens with one attached hydrogen (secondary N) is 1. The second kappa shape index (κ2) is 10.8. The highest BCUT2D eigenvalue weighted by molar-refractivity contribution is 5.97. The lowest BCUT2D eigenvalue weighted by Gasteiger charge is -2.39. The lowest BCUT2D eigenvalue weighted by Crippen LogP contribution is -2.50. The highest BCUT2D eigenvalue weighted by Gasteiger charge is 2.29. The molecule has 0 unspecified atom stereocenters. The number of benzene rings is 1. The summed E-state index contributed by atoms with van der Waals surface area (Å²) >= 11 is 0. The van der Waals surface area contributed by atoms with Gasteiger partial charge in [0.05, 0.1) is 13.2 Å². The van der Waals surface area contributed by atoms with Crippen LogP contribution in [0, 0.1) is 6.92 Å². The lowest BCUT2D eigenvalue weighted by molar-refractivity contribution is -0.120. The number of rotatable bonds is 6. The molecule has 9 nitrogen and oxygen atoms in total. The highest BCUT2D eigenvalue weighted by atomic mass is 16.3. The van der Waals surface area contributed by atoms with Crippen LogP contribution in [0.2, 0.25) is 0 Å². The molecule has 198 valence electrons. The zero-order valence-electron chi connectivity index (χ0n) is 22.2. The fourth-order valence-corrected chi connectivity index (χ4v) is 5.50. The molecule has 38 heavy (non-hydrogen) atoms. The molecule has 1 aromatic carbocycles. The number of amides is 1. The lowest BCUT2D eigenvalue weighted by atomic mass is 9.95. The zero-order chi connectivity index (χ0) is 26.8. The van der Waals surface area contributed by atoms with Crippen molar-refractivity contribution < 1.29 is 9.90 Å². The summed E-state index contributed by atoms with van der Waals surface area (Å²) in [5, 5.41) is 13.6. The van der Waals surface area contributed by atoms with Gasteiger partial charge in [-0.05, 0) is 63.3 Å². The first-order valence-electron chi connectivity index (χ1n) is 13.1. The summed E-state index contributed by atoms with van der Waals surface area (Å²) < 4.78 is 1.50. The van der Waals surface area contributed by atoms with Crippen LogP contribution in [0.3, 0.4) is 0 Å². The first kappa shape index (κ1) is 25.7. The molecular weight excluding hydrogens is 480 g/mol. The fourth-order valence-electron chi connectivity index (χ4n) is 5.50. The molecule has 2 aliphatic rings. The van der Waals surface area contributed by atoms with E-state index in [9.17, 15) is 14.7 Å². The Morgan fingerprint density at radius 2 is 1.89 bits per heavy atom. The average Bonchev–Trinajstić information content (AvgIpc) is 2.91. The van der Waals surface area contributed by atoms with Crippen molar-refractivity contribution >= 4 is 23.1 Å². The molecule has 1 aliphatic carbocycles. The monoisotopic (exact) mass is 514 g/mol. The molecule has 0 spiro atoms. The molecule has 9 heteroatoms. The van der Waals surface area contributed by atoms with E-state index in [1.54, 1.807) is 43.4 Å². The first-order valence-corrected chi connectivity index (χ1v) is 13.1. The molecule has 5 rings (SSSR count). The summed E-state index contributed by atoms with van der Waals surface area (Å²) in [5.74, 6) is 1.14. The quantitative estimate of drug-likeness (QED) is 0.514. The van der Waals surface area contributed by atoms with Crippen molar-refractivity contribution in [1.29, 1.82) is 0 Å². The van der Waals surface area contributed by atoms with E-state index in [2.05, 4.69) is 27.1 Å². The standard InChI is InChI=1S/C29H34N6O3/c1-19-7-4-5-9-25(19)34-13-14-35(28(37)17-34)26-10-6-8-22(23(26)18-36)21-15-24(29(38)33(3)16-21)32-27-11-12-30-20(2)31-27/h6,8,10-12,15-16,36H,4-5,7,9,13-14,17-18H2,1-3H3,(H,30,31,32). The molecule has 3 heterocycles. The Morgan fingerprint density at radius 3 is 2.63 bits per heavy atom. The first-order chi connectivity index (χ1) is 18.4. The maximum Gasteiger partial charge on any atom is 0.274 e. The molecule has 2 N–H and O–H groups in total. The number of nitrogens with zero attached hydrogens (tertiary/aromatic N) is 5. The van der Waals surface area contributed by atoms with Crippen molar-refractivity contribution in [2.45, 2.75) is 46.1 Å². The van der Waals surface area contributed by atoms with Crippen LogP contribution in [0.15, 0.2) is 58.8 Å². The Balaban J connectivity index is 1.47. The Bertz CT molecular complexity index is 1460. The molecule has 1 saturated heterocycles. The average molecular weight is 515 g/mol. The summed E-state index contributed by atoms with van der Waals surface area (Å²) in [6, 6.07) is 9.15. The molecular formula is C29H34N6O3. The van der Waals surface area contributed by atoms with Crippen LogP contribution in [0.1, 0.15) is 44.0 Å². The Kier molecular flexibility index (Phi) is 7.28. The minimum atomic E-state index is -0.236. The van der Waals surface area contributed by atoms with Crippen molar-refractivity contribution in [2.24, 2.45) is 7.05 Å². The number of anilines is 3. The number of allylic oxidation sites excluding steroid dienone is 2. The van der Waals surface area contributed by atoms with E-state index in [0.29, 0.717) is 41.7 Å². The molecule has 0 atom stereocenters. The molecule has 1 aliphatic heterocycles. The van der Waals surface area contributed by atoms with Gasteiger partial charge in [0, 0.05) is 55.0 Å². The van der Waals surface area contributed by atoms with Gasteiger partial charge in [-0.25, -0.2) is 9.97 Å². The second-order valence-electron chi connectivity index (χ2n) is 10.0. The van der Waals surface area contributed by atoms with E-state index in [4.69, 9.17) is 0 Å². The second-order valence-corrected chi connectivity index (χ2v) is 10.0. The van der Waals surface area contributed by atoms with Gasteiger partial charge < -0.3 is 24.8 Å². The molecule has 0 bridgehead atoms. The normalized spacial score (nSPS) is 16.3. The number of aryl methyl sites for hydroxylation is 2. The Labute approximate surface area is 222 Å². The van der Waals surface area contributed by atoms with Gasteiger partial charge in [0.2, 0.25) is 5.91 Å². The minimum Gasteiger partial charge on any atom is -0.392 e. The molecule has 0 saturated carbocycles. The number of aliphatic hydroxyl groups is 1. The van der Waals surface area contributed by atoms with E-state index < -0.39 is 0 Å². The third kappa shape index (κ3) is 5.06. The van der Waals surface area contributed by atoms with Gasteiger partial charge in [0.15, 0.2) is 0 Å². The summed E-state index contributed by atoms with van der Waals surface area (Å²) in [4.78, 5) is 38.7. The summed E-state index contributed by atoms with van der Waals surface area (Å²) in [6.07, 6.45) is 7.91. The van der Waals surface area contributed by atoms with E-state index in [1.807, 2.05) is 18.2 Å². The largest absolute Gasteiger partial charge is 0.392 e. The molecule has 3 aromatic rings. The zero-order valence-corrected chi connectivity index (χ0v) is 22.2. The van der Waals surface area contributed by atoms with Gasteiger partial charge in [0.25, 0.3) is 5.56 Å². The molecule has 2 aromatic heterocycles. The predicted molar refractivity (Wildman–Crippen MR) is 148 cm³/mol. The van der Waals surface area contributed by atoms with Gasteiger partial charge >= 0.3 is 0 Å². The number of aromatic nitrogens is 3. The van der Waals surface area contributed by atoms with Crippen LogP contribution in [0.4, 0.5) is 17.2 Å². The Morgan fingerprint density at radius 1 is 1.08 bits per heavy atom. The molecule has 1 fully saturated rings. The maximum atomic E-state index is 13.4.